The third-order valence-corrected chi connectivity index (χ3v) is 7.55. The monoisotopic (exact) mass is 422 g/mol. The minimum absolute atomic E-state index is 0.369. The zero-order valence-corrected chi connectivity index (χ0v) is 17.2. The number of rotatable bonds is 3. The summed E-state index contributed by atoms with van der Waals surface area (Å²) in [5, 5.41) is 0. The Morgan fingerprint density at radius 2 is 1.48 bits per heavy atom. The van der Waals surface area contributed by atoms with Crippen molar-refractivity contribution in [1.29, 1.82) is 0 Å². The van der Waals surface area contributed by atoms with Gasteiger partial charge < -0.3 is 4.90 Å². The molecule has 3 rings (SSSR count). The van der Waals surface area contributed by atoms with Crippen LogP contribution in [0.5, 0.6) is 0 Å². The van der Waals surface area contributed by atoms with Crippen molar-refractivity contribution in [3.8, 4) is 0 Å². The van der Waals surface area contributed by atoms with E-state index in [-0.39, 0.29) is 0 Å². The van der Waals surface area contributed by atoms with E-state index in [1.807, 2.05) is 6.92 Å². The van der Waals surface area contributed by atoms with E-state index in [0.717, 1.165) is 10.0 Å². The van der Waals surface area contributed by atoms with Crippen molar-refractivity contribution in [1.82, 2.24) is 4.31 Å². The number of para-hydroxylation sites is 1. The molecule has 25 heavy (non-hydrogen) atoms. The Morgan fingerprint density at radius 3 is 2.04 bits per heavy atom. The molecule has 0 radical (unpaired) electrons. The molecule has 0 spiro atoms. The number of anilines is 1. The van der Waals surface area contributed by atoms with Crippen molar-refractivity contribution in [3.05, 3.63) is 57.6 Å². The SMILES string of the molecule is Cc1cc(S(=O)(=O)N2CCN(c3c(C)cccc3C)CC2)ccc1Br. The summed E-state index contributed by atoms with van der Waals surface area (Å²) < 4.78 is 28.4. The van der Waals surface area contributed by atoms with Crippen LogP contribution in [0.25, 0.3) is 0 Å². The Hall–Kier alpha value is -1.37. The number of sulfonamides is 1. The molecule has 0 saturated carbocycles. The second-order valence-corrected chi connectivity index (χ2v) is 9.33. The van der Waals surface area contributed by atoms with Gasteiger partial charge in [-0.05, 0) is 55.7 Å². The molecule has 2 aromatic carbocycles. The second-order valence-electron chi connectivity index (χ2n) is 6.54. The van der Waals surface area contributed by atoms with Gasteiger partial charge in [-0.1, -0.05) is 34.1 Å². The van der Waals surface area contributed by atoms with E-state index >= 15 is 0 Å². The van der Waals surface area contributed by atoms with Gasteiger partial charge in [0, 0.05) is 36.3 Å². The molecular formula is C19H23BrN2O2S. The third kappa shape index (κ3) is 3.61. The van der Waals surface area contributed by atoms with Crippen LogP contribution in [0.15, 0.2) is 45.8 Å². The van der Waals surface area contributed by atoms with Gasteiger partial charge in [-0.2, -0.15) is 4.31 Å². The Morgan fingerprint density at radius 1 is 0.880 bits per heavy atom. The Balaban J connectivity index is 1.78. The highest BCUT2D eigenvalue weighted by Gasteiger charge is 2.29. The largest absolute Gasteiger partial charge is 0.368 e. The molecule has 1 saturated heterocycles. The van der Waals surface area contributed by atoms with E-state index in [0.29, 0.717) is 31.1 Å². The predicted octanol–water partition coefficient (Wildman–Crippen LogP) is 3.89. The Bertz CT molecular complexity index is 868. The van der Waals surface area contributed by atoms with Crippen LogP contribution in [-0.4, -0.2) is 38.9 Å². The fourth-order valence-corrected chi connectivity index (χ4v) is 5.14. The molecule has 0 bridgehead atoms. The maximum absolute atomic E-state index is 12.9. The van der Waals surface area contributed by atoms with Crippen molar-refractivity contribution in [2.24, 2.45) is 0 Å². The molecule has 4 nitrogen and oxygen atoms in total. The van der Waals surface area contributed by atoms with Crippen molar-refractivity contribution in [3.63, 3.8) is 0 Å². The van der Waals surface area contributed by atoms with Crippen LogP contribution in [0.1, 0.15) is 16.7 Å². The number of aryl methyl sites for hydroxylation is 3. The molecule has 0 unspecified atom stereocenters. The molecule has 0 aliphatic carbocycles. The van der Waals surface area contributed by atoms with Crippen LogP contribution in [-0.2, 0) is 10.0 Å². The fraction of sp³-hybridized carbons (Fsp3) is 0.368. The molecule has 0 atom stereocenters. The van der Waals surface area contributed by atoms with E-state index in [4.69, 9.17) is 0 Å². The summed E-state index contributed by atoms with van der Waals surface area (Å²) in [6.07, 6.45) is 0. The van der Waals surface area contributed by atoms with Gasteiger partial charge in [-0.25, -0.2) is 8.42 Å². The van der Waals surface area contributed by atoms with Crippen LogP contribution >= 0.6 is 15.9 Å². The van der Waals surface area contributed by atoms with E-state index in [9.17, 15) is 8.42 Å². The topological polar surface area (TPSA) is 40.6 Å². The molecule has 1 aliphatic heterocycles. The van der Waals surface area contributed by atoms with Crippen LogP contribution in [0, 0.1) is 20.8 Å². The number of benzene rings is 2. The fourth-order valence-electron chi connectivity index (χ4n) is 3.38. The maximum atomic E-state index is 12.9. The molecule has 0 aromatic heterocycles. The van der Waals surface area contributed by atoms with Crippen LogP contribution in [0.2, 0.25) is 0 Å². The normalized spacial score (nSPS) is 16.2. The summed E-state index contributed by atoms with van der Waals surface area (Å²) in [4.78, 5) is 2.66. The summed E-state index contributed by atoms with van der Waals surface area (Å²) in [5.74, 6) is 0. The zero-order valence-electron chi connectivity index (χ0n) is 14.8. The van der Waals surface area contributed by atoms with Crippen LogP contribution in [0.4, 0.5) is 5.69 Å². The van der Waals surface area contributed by atoms with Gasteiger partial charge >= 0.3 is 0 Å². The lowest BCUT2D eigenvalue weighted by atomic mass is 10.1. The molecule has 1 fully saturated rings. The zero-order chi connectivity index (χ0) is 18.2. The lowest BCUT2D eigenvalue weighted by molar-refractivity contribution is 0.384. The minimum Gasteiger partial charge on any atom is -0.368 e. The molecule has 6 heteroatoms. The molecule has 2 aromatic rings. The average Bonchev–Trinajstić information content (AvgIpc) is 2.57. The maximum Gasteiger partial charge on any atom is 0.243 e. The number of piperazine rings is 1. The average molecular weight is 423 g/mol. The highest BCUT2D eigenvalue weighted by atomic mass is 79.9. The Kier molecular flexibility index (Phi) is 5.23. The number of hydrogen-bond acceptors (Lipinski definition) is 3. The van der Waals surface area contributed by atoms with Gasteiger partial charge in [-0.15, -0.1) is 0 Å². The van der Waals surface area contributed by atoms with Crippen molar-refractivity contribution < 1.29 is 8.42 Å². The minimum atomic E-state index is -3.44. The van der Waals surface area contributed by atoms with Gasteiger partial charge in [0.05, 0.1) is 4.90 Å². The van der Waals surface area contributed by atoms with E-state index in [1.165, 1.54) is 16.8 Å². The quantitative estimate of drug-likeness (QED) is 0.752. The summed E-state index contributed by atoms with van der Waals surface area (Å²) in [5.41, 5.74) is 4.63. The first-order chi connectivity index (χ1) is 11.8. The van der Waals surface area contributed by atoms with Crippen molar-refractivity contribution in [2.75, 3.05) is 31.1 Å². The van der Waals surface area contributed by atoms with Gasteiger partial charge in [-0.3, -0.25) is 0 Å². The first-order valence-electron chi connectivity index (χ1n) is 8.38. The molecule has 134 valence electrons. The highest BCUT2D eigenvalue weighted by Crippen LogP contribution is 2.28. The molecular weight excluding hydrogens is 400 g/mol. The van der Waals surface area contributed by atoms with E-state index in [2.05, 4.69) is 52.9 Å². The van der Waals surface area contributed by atoms with Crippen LogP contribution < -0.4 is 4.90 Å². The summed E-state index contributed by atoms with van der Waals surface area (Å²) in [6, 6.07) is 11.5. The van der Waals surface area contributed by atoms with Gasteiger partial charge in [0.2, 0.25) is 10.0 Å². The summed E-state index contributed by atoms with van der Waals surface area (Å²) in [7, 11) is -3.44. The smallest absolute Gasteiger partial charge is 0.243 e. The first-order valence-corrected chi connectivity index (χ1v) is 10.6. The first kappa shape index (κ1) is 18.4. The number of hydrogen-bond donors (Lipinski definition) is 0. The summed E-state index contributed by atoms with van der Waals surface area (Å²) in [6.45, 7) is 8.55. The lowest BCUT2D eigenvalue weighted by Crippen LogP contribution is -2.49. The predicted molar refractivity (Wildman–Crippen MR) is 106 cm³/mol. The molecule has 0 amide bonds. The highest BCUT2D eigenvalue weighted by molar-refractivity contribution is 9.10. The van der Waals surface area contributed by atoms with Gasteiger partial charge in [0.15, 0.2) is 0 Å². The molecule has 1 heterocycles. The number of halogens is 1. The van der Waals surface area contributed by atoms with E-state index < -0.39 is 10.0 Å². The standard InChI is InChI=1S/C19H23BrN2O2S/c1-14-5-4-6-15(2)19(14)21-9-11-22(12-10-21)25(23,24)17-7-8-18(20)16(3)13-17/h4-8,13H,9-12H2,1-3H3. The Labute approximate surface area is 158 Å². The second kappa shape index (κ2) is 7.09. The van der Waals surface area contributed by atoms with Crippen molar-refractivity contribution in [2.45, 2.75) is 25.7 Å². The summed E-state index contributed by atoms with van der Waals surface area (Å²) >= 11 is 3.42. The third-order valence-electron chi connectivity index (χ3n) is 4.76. The van der Waals surface area contributed by atoms with Gasteiger partial charge in [0.1, 0.15) is 0 Å². The lowest BCUT2D eigenvalue weighted by Gasteiger charge is -2.37. The van der Waals surface area contributed by atoms with E-state index in [1.54, 1.807) is 22.5 Å². The molecule has 0 N–H and O–H groups in total. The van der Waals surface area contributed by atoms with Crippen molar-refractivity contribution >= 4 is 31.6 Å². The van der Waals surface area contributed by atoms with Gasteiger partial charge in [0.25, 0.3) is 0 Å². The molecule has 1 aliphatic rings. The van der Waals surface area contributed by atoms with Crippen LogP contribution in [0.3, 0.4) is 0 Å². The number of nitrogens with zero attached hydrogens (tertiary/aromatic N) is 2.